The highest BCUT2D eigenvalue weighted by atomic mass is 35.5. The number of halogens is 12. The third kappa shape index (κ3) is 14.3. The number of rotatable bonds is 14. The van der Waals surface area contributed by atoms with Crippen LogP contribution in [0, 0.1) is 25.5 Å². The van der Waals surface area contributed by atoms with E-state index in [-0.39, 0.29) is 167 Å². The van der Waals surface area contributed by atoms with E-state index in [1.165, 1.54) is 38.1 Å². The van der Waals surface area contributed by atoms with E-state index in [9.17, 15) is 44.7 Å². The topological polar surface area (TPSA) is 201 Å². The molecule has 0 unspecified atom stereocenters. The first-order valence-electron chi connectivity index (χ1n) is 28.9. The van der Waals surface area contributed by atoms with Gasteiger partial charge >= 0.3 is 24.4 Å². The summed E-state index contributed by atoms with van der Waals surface area (Å²) in [5, 5.41) is -0.395. The van der Waals surface area contributed by atoms with Crippen LogP contribution >= 0.6 is 23.2 Å². The van der Waals surface area contributed by atoms with Gasteiger partial charge < -0.3 is 50.3 Å². The number of amides is 2. The van der Waals surface area contributed by atoms with Gasteiger partial charge in [0.15, 0.2) is 11.6 Å². The number of nitrogen functional groups attached to an aromatic ring is 2. The average Bonchev–Trinajstić information content (AvgIpc) is 0.813. The van der Waals surface area contributed by atoms with Crippen LogP contribution in [0.1, 0.15) is 61.8 Å². The molecule has 484 valence electrons. The molecule has 2 amide bonds. The van der Waals surface area contributed by atoms with Crippen molar-refractivity contribution < 1.29 is 63.0 Å². The van der Waals surface area contributed by atoms with Crippen LogP contribution in [0.5, 0.6) is 12.0 Å². The van der Waals surface area contributed by atoms with Gasteiger partial charge in [0.25, 0.3) is 0 Å². The van der Waals surface area contributed by atoms with Crippen molar-refractivity contribution in [3.05, 3.63) is 92.5 Å². The normalized spacial score (nSPS) is 19.7. The van der Waals surface area contributed by atoms with Crippen LogP contribution in [-0.4, -0.2) is 179 Å². The van der Waals surface area contributed by atoms with Crippen molar-refractivity contribution in [2.24, 2.45) is 0 Å². The monoisotopic (exact) mass is 1310 g/mol. The largest absolute Gasteiger partial charge is 0.462 e. The molecule has 0 saturated carbocycles. The van der Waals surface area contributed by atoms with E-state index < -0.39 is 71.0 Å². The molecular formula is C60H66Cl2F10N14O4. The van der Waals surface area contributed by atoms with Crippen molar-refractivity contribution in [1.29, 1.82) is 0 Å². The Morgan fingerprint density at radius 3 is 1.30 bits per heavy atom. The SMILES string of the molecule is Cc1cc(N)nc(-c2c(Cl)cc3c(N4CCN(C(=O)/C=C/CF)C[C@@H]4C)nc(OC[C@@H]4CCCN4C)nc3c2F)c1C(F)(F)F.Cc1cc(N)nc(-c2c(Cl)cc3c(N4CCN(C(=O)/C=C/CF)C[C@@H]4C)nc(OC[C@@H]4CCCN4C)nc3c2F)c1C(F)(F)F. The van der Waals surface area contributed by atoms with Crippen LogP contribution in [0.25, 0.3) is 44.3 Å². The van der Waals surface area contributed by atoms with E-state index in [0.29, 0.717) is 0 Å². The molecule has 4 aliphatic heterocycles. The van der Waals surface area contributed by atoms with Gasteiger partial charge in [-0.3, -0.25) is 9.59 Å². The number of hydrogen-bond acceptors (Lipinski definition) is 16. The zero-order valence-electron chi connectivity index (χ0n) is 49.9. The van der Waals surface area contributed by atoms with E-state index in [1.807, 2.05) is 37.7 Å². The lowest BCUT2D eigenvalue weighted by molar-refractivity contribution is -0.138. The van der Waals surface area contributed by atoms with Crippen LogP contribution < -0.4 is 30.7 Å². The number of aromatic nitrogens is 6. The minimum absolute atomic E-state index is 0.0815. The van der Waals surface area contributed by atoms with Crippen LogP contribution in [0.2, 0.25) is 10.0 Å². The molecular weight excluding hydrogens is 1240 g/mol. The lowest BCUT2D eigenvalue weighted by Crippen LogP contribution is -2.53. The summed E-state index contributed by atoms with van der Waals surface area (Å²) in [6.45, 7) is 8.32. The maximum absolute atomic E-state index is 16.6. The highest BCUT2D eigenvalue weighted by molar-refractivity contribution is 6.35. The number of alkyl halides is 8. The van der Waals surface area contributed by atoms with Crippen molar-refractivity contribution in [2.45, 2.75) is 89.9 Å². The smallest absolute Gasteiger partial charge is 0.418 e. The molecule has 90 heavy (non-hydrogen) atoms. The number of nitrogens with zero attached hydrogens (tertiary/aromatic N) is 12. The minimum Gasteiger partial charge on any atom is -0.462 e. The van der Waals surface area contributed by atoms with Gasteiger partial charge in [0.05, 0.1) is 43.7 Å². The molecule has 4 atom stereocenters. The Hall–Kier alpha value is -7.56. The zero-order valence-corrected chi connectivity index (χ0v) is 51.4. The number of benzene rings is 2. The van der Waals surface area contributed by atoms with Gasteiger partial charge in [0, 0.05) is 86.4 Å². The summed E-state index contributed by atoms with van der Waals surface area (Å²) < 4.78 is 155. The lowest BCUT2D eigenvalue weighted by atomic mass is 9.99. The molecule has 6 aromatic rings. The number of nitrogens with two attached hydrogens (primary N) is 2. The fourth-order valence-corrected chi connectivity index (χ4v) is 12.5. The first-order chi connectivity index (χ1) is 42.6. The van der Waals surface area contributed by atoms with Crippen molar-refractivity contribution in [3.8, 4) is 34.5 Å². The van der Waals surface area contributed by atoms with E-state index >= 15 is 8.78 Å². The summed E-state index contributed by atoms with van der Waals surface area (Å²) in [6.07, 6.45) is -1.41. The van der Waals surface area contributed by atoms with Crippen molar-refractivity contribution in [1.82, 2.24) is 49.5 Å². The van der Waals surface area contributed by atoms with E-state index in [4.69, 9.17) is 44.1 Å². The van der Waals surface area contributed by atoms with E-state index in [0.717, 1.165) is 63.1 Å². The molecule has 0 aliphatic carbocycles. The highest BCUT2D eigenvalue weighted by Crippen LogP contribution is 2.47. The molecule has 8 heterocycles. The molecule has 18 nitrogen and oxygen atoms in total. The third-order valence-corrected chi connectivity index (χ3v) is 17.1. The standard InChI is InChI=1S/2C30H33ClF5N7O2/c2*1-16-12-21(37)38-27(24(16)30(34,35)36)23-20(31)13-19-26(25(23)33)39-29(45-15-18-6-5-9-41(18)3)40-28(19)43-11-10-42(14-17(43)2)22(44)7-4-8-32/h2*4,7,12-13,17-18H,5-6,8-11,14-15H2,1-3H3,(H2,37,38)/b2*7-4+/t2*17-,18-/m00/s1. The van der Waals surface area contributed by atoms with Crippen molar-refractivity contribution in [2.75, 3.05) is 114 Å². The Bertz CT molecular complexity index is 3510. The fourth-order valence-electron chi connectivity index (χ4n) is 12.0. The first-order valence-corrected chi connectivity index (χ1v) is 29.7. The number of allylic oxidation sites excluding steroid dienone is 2. The van der Waals surface area contributed by atoms with Gasteiger partial charge in [0.1, 0.15) is 60.9 Å². The number of likely N-dealkylation sites (N-methyl/N-ethyl adjacent to an activating group) is 2. The molecule has 0 bridgehead atoms. The van der Waals surface area contributed by atoms with Gasteiger partial charge in [-0.25, -0.2) is 27.5 Å². The summed E-state index contributed by atoms with van der Waals surface area (Å²) in [5.41, 5.74) is 5.50. The van der Waals surface area contributed by atoms with Crippen molar-refractivity contribution >= 4 is 80.1 Å². The summed E-state index contributed by atoms with van der Waals surface area (Å²) in [6, 6.07) is 3.91. The maximum Gasteiger partial charge on any atom is 0.418 e. The lowest BCUT2D eigenvalue weighted by Gasteiger charge is -2.40. The highest BCUT2D eigenvalue weighted by Gasteiger charge is 2.41. The molecule has 4 aliphatic rings. The Kier molecular flexibility index (Phi) is 20.4. The average molecular weight is 1310 g/mol. The molecule has 0 radical (unpaired) electrons. The second kappa shape index (κ2) is 27.5. The molecule has 10 rings (SSSR count). The first kappa shape index (κ1) is 66.8. The number of aryl methyl sites for hydroxylation is 2. The summed E-state index contributed by atoms with van der Waals surface area (Å²) in [4.78, 5) is 61.6. The number of fused-ring (bicyclic) bond motifs is 2. The summed E-state index contributed by atoms with van der Waals surface area (Å²) in [5.74, 6) is -2.94. The Labute approximate surface area is 521 Å². The zero-order chi connectivity index (χ0) is 65.3. The maximum atomic E-state index is 16.6. The summed E-state index contributed by atoms with van der Waals surface area (Å²) >= 11 is 13.1. The number of pyridine rings is 2. The number of piperazine rings is 2. The predicted octanol–water partition coefficient (Wildman–Crippen LogP) is 10.9. The molecule has 4 aromatic heterocycles. The van der Waals surface area contributed by atoms with Crippen LogP contribution in [0.15, 0.2) is 48.6 Å². The second-order valence-corrected chi connectivity index (χ2v) is 23.5. The Balaban J connectivity index is 0.000000213. The molecule has 4 N–H and O–H groups in total. The van der Waals surface area contributed by atoms with Crippen LogP contribution in [0.3, 0.4) is 0 Å². The second-order valence-electron chi connectivity index (χ2n) is 22.7. The van der Waals surface area contributed by atoms with E-state index in [2.05, 4.69) is 39.7 Å². The number of carbonyl (C=O) groups excluding carboxylic acids is 2. The van der Waals surface area contributed by atoms with Gasteiger partial charge in [-0.05, 0) is 128 Å². The Morgan fingerprint density at radius 2 is 0.978 bits per heavy atom. The predicted molar refractivity (Wildman–Crippen MR) is 323 cm³/mol. The molecule has 0 spiro atoms. The number of anilines is 4. The Morgan fingerprint density at radius 1 is 0.600 bits per heavy atom. The van der Waals surface area contributed by atoms with Gasteiger partial charge in [-0.15, -0.1) is 0 Å². The van der Waals surface area contributed by atoms with Gasteiger partial charge in [-0.1, -0.05) is 23.2 Å². The molecule has 4 saturated heterocycles. The number of carbonyl (C=O) groups is 2. The van der Waals surface area contributed by atoms with Crippen LogP contribution in [0.4, 0.5) is 67.2 Å². The quantitative estimate of drug-likeness (QED) is 0.0770. The number of likely N-dealkylation sites (tertiary alicyclic amines) is 2. The third-order valence-electron chi connectivity index (χ3n) is 16.5. The molecule has 30 heteroatoms. The number of hydrogen-bond donors (Lipinski definition) is 2. The van der Waals surface area contributed by atoms with Gasteiger partial charge in [0.2, 0.25) is 11.8 Å². The van der Waals surface area contributed by atoms with Crippen LogP contribution in [-0.2, 0) is 21.9 Å². The number of ether oxygens (including phenoxy) is 2. The van der Waals surface area contributed by atoms with Crippen molar-refractivity contribution in [3.63, 3.8) is 0 Å². The summed E-state index contributed by atoms with van der Waals surface area (Å²) in [7, 11) is 3.93. The fraction of sp³-hybridized carbons (Fsp3) is 0.467. The van der Waals surface area contributed by atoms with E-state index in [1.54, 1.807) is 9.80 Å². The molecule has 2 aromatic carbocycles. The molecule has 4 fully saturated rings. The minimum atomic E-state index is -4.88. The van der Waals surface area contributed by atoms with Gasteiger partial charge in [-0.2, -0.15) is 46.3 Å².